The Morgan fingerprint density at radius 2 is 1.68 bits per heavy atom. The second-order valence-electron chi connectivity index (χ2n) is 4.62. The number of hydrogen-bond donors (Lipinski definition) is 2. The minimum absolute atomic E-state index is 0.128. The normalized spacial score (nSPS) is 13.6. The molecule has 4 nitrogen and oxygen atoms in total. The molecule has 0 amide bonds. The van der Waals surface area contributed by atoms with Crippen molar-refractivity contribution in [3.63, 3.8) is 0 Å². The number of halogens is 2. The van der Waals surface area contributed by atoms with E-state index in [-0.39, 0.29) is 12.6 Å². The van der Waals surface area contributed by atoms with Gasteiger partial charge in [0.05, 0.1) is 5.25 Å². The summed E-state index contributed by atoms with van der Waals surface area (Å²) in [5.74, 6) is -1.87. The van der Waals surface area contributed by atoms with Crippen molar-refractivity contribution in [2.75, 3.05) is 11.3 Å². The minimum atomic E-state index is -3.85. The zero-order chi connectivity index (χ0) is 14.6. The molecule has 0 aliphatic carbocycles. The molecule has 0 bridgehead atoms. The summed E-state index contributed by atoms with van der Waals surface area (Å²) in [7, 11) is -3.85. The van der Waals surface area contributed by atoms with E-state index < -0.39 is 32.6 Å². The Bertz CT molecular complexity index is 512. The van der Waals surface area contributed by atoms with E-state index in [0.717, 1.165) is 12.1 Å². The summed E-state index contributed by atoms with van der Waals surface area (Å²) in [6, 6.07) is 3.30. The predicted molar refractivity (Wildman–Crippen MR) is 71.5 cm³/mol. The number of rotatable bonds is 6. The second kappa shape index (κ2) is 6.29. The van der Waals surface area contributed by atoms with Crippen LogP contribution in [0, 0.1) is 11.6 Å². The Morgan fingerprint density at radius 1 is 1.16 bits per heavy atom. The molecule has 108 valence electrons. The molecule has 1 aromatic rings. The van der Waals surface area contributed by atoms with Crippen molar-refractivity contribution in [1.82, 2.24) is 5.32 Å². The van der Waals surface area contributed by atoms with E-state index in [4.69, 9.17) is 0 Å². The van der Waals surface area contributed by atoms with Gasteiger partial charge in [-0.3, -0.25) is 4.72 Å². The first-order valence-electron chi connectivity index (χ1n) is 5.93. The SMILES string of the molecule is CC(C)NCC(C)S(=O)(=O)Nc1c(F)cccc1F. The molecule has 0 saturated heterocycles. The molecule has 1 aromatic carbocycles. The lowest BCUT2D eigenvalue weighted by Gasteiger charge is -2.17. The largest absolute Gasteiger partial charge is 0.313 e. The molecular formula is C12H18F2N2O2S. The average molecular weight is 292 g/mol. The van der Waals surface area contributed by atoms with Gasteiger partial charge in [0.15, 0.2) is 0 Å². The van der Waals surface area contributed by atoms with Crippen LogP contribution in [0.5, 0.6) is 0 Å². The van der Waals surface area contributed by atoms with E-state index in [1.165, 1.54) is 13.0 Å². The molecular weight excluding hydrogens is 274 g/mol. The van der Waals surface area contributed by atoms with Gasteiger partial charge in [0.2, 0.25) is 10.0 Å². The average Bonchev–Trinajstić information content (AvgIpc) is 2.31. The van der Waals surface area contributed by atoms with Gasteiger partial charge >= 0.3 is 0 Å². The van der Waals surface area contributed by atoms with E-state index in [9.17, 15) is 17.2 Å². The number of benzene rings is 1. The van der Waals surface area contributed by atoms with Crippen LogP contribution in [0.25, 0.3) is 0 Å². The molecule has 0 spiro atoms. The van der Waals surface area contributed by atoms with Crippen LogP contribution in [0.15, 0.2) is 18.2 Å². The van der Waals surface area contributed by atoms with Gasteiger partial charge < -0.3 is 5.32 Å². The van der Waals surface area contributed by atoms with Crippen molar-refractivity contribution in [2.45, 2.75) is 32.1 Å². The smallest absolute Gasteiger partial charge is 0.236 e. The van der Waals surface area contributed by atoms with Gasteiger partial charge in [0.25, 0.3) is 0 Å². The summed E-state index contributed by atoms with van der Waals surface area (Å²) in [6.07, 6.45) is 0. The van der Waals surface area contributed by atoms with Crippen LogP contribution in [0.2, 0.25) is 0 Å². The van der Waals surface area contributed by atoms with Crippen LogP contribution >= 0.6 is 0 Å². The van der Waals surface area contributed by atoms with Crippen LogP contribution in [0.4, 0.5) is 14.5 Å². The van der Waals surface area contributed by atoms with Crippen molar-refractivity contribution in [1.29, 1.82) is 0 Å². The van der Waals surface area contributed by atoms with E-state index in [1.807, 2.05) is 18.6 Å². The Kier molecular flexibility index (Phi) is 5.25. The van der Waals surface area contributed by atoms with E-state index in [1.54, 1.807) is 0 Å². The van der Waals surface area contributed by atoms with Crippen LogP contribution in [0.3, 0.4) is 0 Å². The topological polar surface area (TPSA) is 58.2 Å². The summed E-state index contributed by atoms with van der Waals surface area (Å²) in [5.41, 5.74) is -0.640. The lowest BCUT2D eigenvalue weighted by molar-refractivity contribution is 0.551. The molecule has 2 N–H and O–H groups in total. The first-order chi connectivity index (χ1) is 8.74. The first kappa shape index (κ1) is 15.8. The van der Waals surface area contributed by atoms with Crippen LogP contribution in [-0.4, -0.2) is 26.3 Å². The van der Waals surface area contributed by atoms with Crippen LogP contribution < -0.4 is 10.0 Å². The van der Waals surface area contributed by atoms with Crippen molar-refractivity contribution >= 4 is 15.7 Å². The molecule has 0 aliphatic heterocycles. The summed E-state index contributed by atoms with van der Waals surface area (Å²) < 4.78 is 52.6. The Balaban J connectivity index is 2.85. The lowest BCUT2D eigenvalue weighted by atomic mass is 10.3. The van der Waals surface area contributed by atoms with Gasteiger partial charge in [-0.2, -0.15) is 0 Å². The second-order valence-corrected chi connectivity index (χ2v) is 6.72. The van der Waals surface area contributed by atoms with Gasteiger partial charge in [-0.05, 0) is 19.1 Å². The molecule has 0 fully saturated rings. The Labute approximate surface area is 112 Å². The van der Waals surface area contributed by atoms with Gasteiger partial charge in [-0.25, -0.2) is 17.2 Å². The number of sulfonamides is 1. The molecule has 0 radical (unpaired) electrons. The fourth-order valence-corrected chi connectivity index (χ4v) is 2.35. The molecule has 0 aromatic heterocycles. The first-order valence-corrected chi connectivity index (χ1v) is 7.47. The fraction of sp³-hybridized carbons (Fsp3) is 0.500. The standard InChI is InChI=1S/C12H18F2N2O2S/c1-8(2)15-7-9(3)19(17,18)16-12-10(13)5-4-6-11(12)14/h4-6,8-9,15-16H,7H2,1-3H3. The summed E-state index contributed by atoms with van der Waals surface area (Å²) in [5, 5.41) is 2.15. The zero-order valence-electron chi connectivity index (χ0n) is 11.1. The maximum Gasteiger partial charge on any atom is 0.236 e. The van der Waals surface area contributed by atoms with E-state index in [2.05, 4.69) is 5.32 Å². The van der Waals surface area contributed by atoms with Crippen molar-refractivity contribution in [3.8, 4) is 0 Å². The Hall–Kier alpha value is -1.21. The third-order valence-electron chi connectivity index (χ3n) is 2.55. The maximum atomic E-state index is 13.4. The highest BCUT2D eigenvalue weighted by molar-refractivity contribution is 7.93. The van der Waals surface area contributed by atoms with Crippen LogP contribution in [-0.2, 0) is 10.0 Å². The van der Waals surface area contributed by atoms with E-state index >= 15 is 0 Å². The third kappa shape index (κ3) is 4.43. The number of nitrogens with one attached hydrogen (secondary N) is 2. The molecule has 0 saturated carbocycles. The monoisotopic (exact) mass is 292 g/mol. The Morgan fingerprint density at radius 3 is 2.16 bits per heavy atom. The van der Waals surface area contributed by atoms with Gasteiger partial charge in [0, 0.05) is 12.6 Å². The van der Waals surface area contributed by atoms with Crippen molar-refractivity contribution in [2.24, 2.45) is 0 Å². The van der Waals surface area contributed by atoms with Crippen molar-refractivity contribution < 1.29 is 17.2 Å². The molecule has 19 heavy (non-hydrogen) atoms. The fourth-order valence-electron chi connectivity index (χ4n) is 1.35. The number of anilines is 1. The quantitative estimate of drug-likeness (QED) is 0.844. The summed E-state index contributed by atoms with van der Waals surface area (Å²) >= 11 is 0. The van der Waals surface area contributed by atoms with Crippen molar-refractivity contribution in [3.05, 3.63) is 29.8 Å². The van der Waals surface area contributed by atoms with E-state index in [0.29, 0.717) is 0 Å². The van der Waals surface area contributed by atoms with Gasteiger partial charge in [-0.1, -0.05) is 19.9 Å². The highest BCUT2D eigenvalue weighted by Gasteiger charge is 2.23. The van der Waals surface area contributed by atoms with Gasteiger partial charge in [-0.15, -0.1) is 0 Å². The third-order valence-corrected chi connectivity index (χ3v) is 4.27. The lowest BCUT2D eigenvalue weighted by Crippen LogP contribution is -2.37. The van der Waals surface area contributed by atoms with Gasteiger partial charge in [0.1, 0.15) is 17.3 Å². The number of hydrogen-bond acceptors (Lipinski definition) is 3. The zero-order valence-corrected chi connectivity index (χ0v) is 11.9. The molecule has 1 rings (SSSR count). The highest BCUT2D eigenvalue weighted by Crippen LogP contribution is 2.20. The summed E-state index contributed by atoms with van der Waals surface area (Å²) in [6.45, 7) is 5.42. The molecule has 0 heterocycles. The number of para-hydroxylation sites is 1. The molecule has 7 heteroatoms. The summed E-state index contributed by atoms with van der Waals surface area (Å²) in [4.78, 5) is 0. The molecule has 1 unspecified atom stereocenters. The minimum Gasteiger partial charge on any atom is -0.313 e. The molecule has 0 aliphatic rings. The maximum absolute atomic E-state index is 13.4. The van der Waals surface area contributed by atoms with Crippen LogP contribution in [0.1, 0.15) is 20.8 Å². The predicted octanol–water partition coefficient (Wildman–Crippen LogP) is 2.09. The molecule has 1 atom stereocenters. The highest BCUT2D eigenvalue weighted by atomic mass is 32.2.